The van der Waals surface area contributed by atoms with Crippen LogP contribution in [0.25, 0.3) is 0 Å². The summed E-state index contributed by atoms with van der Waals surface area (Å²) in [6.45, 7) is 9.03. The molecular weight excluding hydrogens is 236 g/mol. The van der Waals surface area contributed by atoms with Crippen LogP contribution in [0.1, 0.15) is 45.5 Å². The Morgan fingerprint density at radius 3 is 2.47 bits per heavy atom. The highest BCUT2D eigenvalue weighted by molar-refractivity contribution is 6.31. The number of nitrogens with zero attached hydrogens (tertiary/aromatic N) is 2. The summed E-state index contributed by atoms with van der Waals surface area (Å²) < 4.78 is 1.91. The number of halogens is 1. The molecule has 1 aromatic rings. The molecule has 1 heterocycles. The average molecular weight is 259 g/mol. The van der Waals surface area contributed by atoms with Gasteiger partial charge >= 0.3 is 0 Å². The standard InChI is InChI=1S/C13H23ClN2O/c1-5-9(4)12(17)8-11-13(14)10(6-2)15-16(11)7-3/h9,12,17H,5-8H2,1-4H3. The lowest BCUT2D eigenvalue weighted by Gasteiger charge is -2.17. The van der Waals surface area contributed by atoms with Gasteiger partial charge in [0.05, 0.1) is 22.5 Å². The van der Waals surface area contributed by atoms with E-state index in [0.29, 0.717) is 6.42 Å². The number of aromatic nitrogens is 2. The molecule has 0 saturated carbocycles. The van der Waals surface area contributed by atoms with Crippen molar-refractivity contribution in [2.45, 2.75) is 59.6 Å². The van der Waals surface area contributed by atoms with Gasteiger partial charge in [-0.1, -0.05) is 38.8 Å². The van der Waals surface area contributed by atoms with E-state index in [1.807, 2.05) is 18.5 Å². The Bertz CT molecular complexity index is 363. The van der Waals surface area contributed by atoms with Crippen molar-refractivity contribution in [3.8, 4) is 0 Å². The molecular formula is C13H23ClN2O. The molecule has 0 amide bonds. The van der Waals surface area contributed by atoms with Crippen molar-refractivity contribution in [2.24, 2.45) is 5.92 Å². The number of hydrogen-bond acceptors (Lipinski definition) is 2. The maximum Gasteiger partial charge on any atom is 0.0850 e. The van der Waals surface area contributed by atoms with Crippen LogP contribution in [0.15, 0.2) is 0 Å². The molecule has 4 heteroatoms. The largest absolute Gasteiger partial charge is 0.392 e. The Labute approximate surface area is 109 Å². The van der Waals surface area contributed by atoms with Crippen LogP contribution in [0, 0.1) is 5.92 Å². The second-order valence-corrected chi connectivity index (χ2v) is 4.91. The Hall–Kier alpha value is -0.540. The van der Waals surface area contributed by atoms with E-state index >= 15 is 0 Å². The van der Waals surface area contributed by atoms with E-state index in [1.54, 1.807) is 0 Å². The van der Waals surface area contributed by atoms with E-state index in [-0.39, 0.29) is 12.0 Å². The highest BCUT2D eigenvalue weighted by atomic mass is 35.5. The lowest BCUT2D eigenvalue weighted by molar-refractivity contribution is 0.112. The first kappa shape index (κ1) is 14.5. The van der Waals surface area contributed by atoms with Gasteiger partial charge in [0, 0.05) is 13.0 Å². The van der Waals surface area contributed by atoms with Crippen LogP contribution in [0.4, 0.5) is 0 Å². The minimum absolute atomic E-state index is 0.288. The molecule has 0 bridgehead atoms. The van der Waals surface area contributed by atoms with Crippen molar-refractivity contribution in [3.05, 3.63) is 16.4 Å². The van der Waals surface area contributed by atoms with Gasteiger partial charge in [-0.3, -0.25) is 4.68 Å². The van der Waals surface area contributed by atoms with Crippen molar-refractivity contribution >= 4 is 11.6 Å². The van der Waals surface area contributed by atoms with Crippen molar-refractivity contribution in [3.63, 3.8) is 0 Å². The van der Waals surface area contributed by atoms with Crippen LogP contribution in [0.2, 0.25) is 5.02 Å². The number of hydrogen-bond donors (Lipinski definition) is 1. The van der Waals surface area contributed by atoms with Gasteiger partial charge < -0.3 is 5.11 Å². The predicted molar refractivity (Wildman–Crippen MR) is 71.5 cm³/mol. The summed E-state index contributed by atoms with van der Waals surface area (Å²) in [4.78, 5) is 0. The maximum atomic E-state index is 10.1. The minimum atomic E-state index is -0.343. The van der Waals surface area contributed by atoms with Crippen LogP contribution in [-0.4, -0.2) is 21.0 Å². The van der Waals surface area contributed by atoms with Crippen molar-refractivity contribution in [1.82, 2.24) is 9.78 Å². The Kier molecular flexibility index (Phi) is 5.47. The molecule has 17 heavy (non-hydrogen) atoms. The Morgan fingerprint density at radius 2 is 2.00 bits per heavy atom. The third kappa shape index (κ3) is 3.23. The molecule has 98 valence electrons. The molecule has 0 fully saturated rings. The van der Waals surface area contributed by atoms with Gasteiger partial charge in [-0.05, 0) is 19.3 Å². The number of aliphatic hydroxyl groups excluding tert-OH is 1. The van der Waals surface area contributed by atoms with Gasteiger partial charge in [-0.25, -0.2) is 0 Å². The zero-order chi connectivity index (χ0) is 13.0. The molecule has 0 aromatic carbocycles. The molecule has 1 N–H and O–H groups in total. The lowest BCUT2D eigenvalue weighted by atomic mass is 9.98. The molecule has 0 aliphatic carbocycles. The summed E-state index contributed by atoms with van der Waals surface area (Å²) in [6.07, 6.45) is 2.05. The van der Waals surface area contributed by atoms with E-state index < -0.39 is 0 Å². The molecule has 2 atom stereocenters. The fraction of sp³-hybridized carbons (Fsp3) is 0.769. The van der Waals surface area contributed by atoms with Gasteiger partial charge in [0.25, 0.3) is 0 Å². The first-order chi connectivity index (χ1) is 8.04. The van der Waals surface area contributed by atoms with Crippen LogP contribution in [0.3, 0.4) is 0 Å². The van der Waals surface area contributed by atoms with Crippen LogP contribution in [0.5, 0.6) is 0 Å². The second-order valence-electron chi connectivity index (χ2n) is 4.53. The van der Waals surface area contributed by atoms with Crippen LogP contribution in [-0.2, 0) is 19.4 Å². The van der Waals surface area contributed by atoms with E-state index in [4.69, 9.17) is 11.6 Å². The lowest BCUT2D eigenvalue weighted by Crippen LogP contribution is -2.21. The van der Waals surface area contributed by atoms with E-state index in [2.05, 4.69) is 18.9 Å². The summed E-state index contributed by atoms with van der Waals surface area (Å²) in [5.41, 5.74) is 1.90. The molecule has 0 aliphatic rings. The van der Waals surface area contributed by atoms with Crippen LogP contribution < -0.4 is 0 Å². The first-order valence-corrected chi connectivity index (χ1v) is 6.84. The summed E-state index contributed by atoms with van der Waals surface area (Å²) in [7, 11) is 0. The molecule has 3 nitrogen and oxygen atoms in total. The molecule has 0 spiro atoms. The topological polar surface area (TPSA) is 38.0 Å². The highest BCUT2D eigenvalue weighted by Gasteiger charge is 2.20. The third-order valence-electron chi connectivity index (χ3n) is 3.40. The van der Waals surface area contributed by atoms with E-state index in [1.165, 1.54) is 0 Å². The van der Waals surface area contributed by atoms with Crippen LogP contribution >= 0.6 is 11.6 Å². The van der Waals surface area contributed by atoms with Gasteiger partial charge in [-0.2, -0.15) is 5.10 Å². The van der Waals surface area contributed by atoms with Gasteiger partial charge in [-0.15, -0.1) is 0 Å². The normalized spacial score (nSPS) is 14.9. The molecule has 1 rings (SSSR count). The monoisotopic (exact) mass is 258 g/mol. The van der Waals surface area contributed by atoms with Gasteiger partial charge in [0.1, 0.15) is 0 Å². The molecule has 1 aromatic heterocycles. The van der Waals surface area contributed by atoms with Crippen molar-refractivity contribution in [2.75, 3.05) is 0 Å². The maximum absolute atomic E-state index is 10.1. The minimum Gasteiger partial charge on any atom is -0.392 e. The summed E-state index contributed by atoms with van der Waals surface area (Å²) in [6, 6.07) is 0. The van der Waals surface area contributed by atoms with Crippen molar-refractivity contribution in [1.29, 1.82) is 0 Å². The molecule has 2 unspecified atom stereocenters. The summed E-state index contributed by atoms with van der Waals surface area (Å²) in [5, 5.41) is 15.3. The van der Waals surface area contributed by atoms with Crippen molar-refractivity contribution < 1.29 is 5.11 Å². The zero-order valence-corrected chi connectivity index (χ0v) is 12.0. The fourth-order valence-electron chi connectivity index (χ4n) is 1.88. The Balaban J connectivity index is 2.92. The third-order valence-corrected chi connectivity index (χ3v) is 3.83. The number of rotatable bonds is 6. The number of aliphatic hydroxyl groups is 1. The van der Waals surface area contributed by atoms with E-state index in [9.17, 15) is 5.11 Å². The fourth-order valence-corrected chi connectivity index (χ4v) is 2.23. The SMILES string of the molecule is CCc1nn(CC)c(CC(O)C(C)CC)c1Cl. The first-order valence-electron chi connectivity index (χ1n) is 6.47. The Morgan fingerprint density at radius 1 is 1.35 bits per heavy atom. The predicted octanol–water partition coefficient (Wildman–Crippen LogP) is 3.07. The number of aryl methyl sites for hydroxylation is 2. The molecule has 0 radical (unpaired) electrons. The molecule has 0 aliphatic heterocycles. The second kappa shape index (κ2) is 6.41. The van der Waals surface area contributed by atoms with E-state index in [0.717, 1.165) is 35.8 Å². The van der Waals surface area contributed by atoms with Gasteiger partial charge in [0.15, 0.2) is 0 Å². The highest BCUT2D eigenvalue weighted by Crippen LogP contribution is 2.24. The summed E-state index contributed by atoms with van der Waals surface area (Å²) in [5.74, 6) is 0.288. The quantitative estimate of drug-likeness (QED) is 0.852. The molecule has 0 saturated heterocycles. The average Bonchev–Trinajstić information content (AvgIpc) is 2.65. The van der Waals surface area contributed by atoms with Gasteiger partial charge in [0.2, 0.25) is 0 Å². The summed E-state index contributed by atoms with van der Waals surface area (Å²) >= 11 is 6.31. The zero-order valence-electron chi connectivity index (χ0n) is 11.2. The smallest absolute Gasteiger partial charge is 0.0850 e.